The number of nitrogens with one attached hydrogen (secondary N) is 2. The molecule has 2 N–H and O–H groups in total. The van der Waals surface area contributed by atoms with E-state index in [1.165, 1.54) is 6.07 Å². The summed E-state index contributed by atoms with van der Waals surface area (Å²) in [6, 6.07) is 17.2. The summed E-state index contributed by atoms with van der Waals surface area (Å²) in [5.74, 6) is -0.342. The van der Waals surface area contributed by atoms with Crippen LogP contribution >= 0.6 is 0 Å². The van der Waals surface area contributed by atoms with E-state index >= 15 is 0 Å². The fourth-order valence-corrected chi connectivity index (χ4v) is 6.19. The molecule has 0 aliphatic carbocycles. The molecule has 1 aliphatic rings. The van der Waals surface area contributed by atoms with Crippen LogP contribution < -0.4 is 10.0 Å². The van der Waals surface area contributed by atoms with Gasteiger partial charge in [-0.25, -0.2) is 17.9 Å². The first-order valence-corrected chi connectivity index (χ1v) is 13.5. The number of likely N-dealkylation sites (tertiary alicyclic amines) is 1. The van der Waals surface area contributed by atoms with Crippen molar-refractivity contribution in [3.8, 4) is 0 Å². The minimum absolute atomic E-state index is 0.0862. The normalized spacial score (nSPS) is 18.1. The molecule has 8 nitrogen and oxygen atoms in total. The Morgan fingerprint density at radius 2 is 1.72 bits per heavy atom. The smallest absolute Gasteiger partial charge is 0.409 e. The number of carbonyl (C=O) groups excluding carboxylic acids is 2. The summed E-state index contributed by atoms with van der Waals surface area (Å²) in [5, 5.41) is 4.08. The lowest BCUT2D eigenvalue weighted by Gasteiger charge is -2.36. The van der Waals surface area contributed by atoms with Gasteiger partial charge in [0.15, 0.2) is 0 Å². The Morgan fingerprint density at radius 3 is 2.42 bits per heavy atom. The van der Waals surface area contributed by atoms with Crippen molar-refractivity contribution in [1.29, 1.82) is 0 Å². The molecule has 1 aliphatic heterocycles. The Hall–Kier alpha value is -3.43. The number of nitrogens with zero attached hydrogens (tertiary/aromatic N) is 1. The molecule has 3 aromatic carbocycles. The largest absolute Gasteiger partial charge is 0.450 e. The van der Waals surface area contributed by atoms with Gasteiger partial charge in [0.1, 0.15) is 0 Å². The molecule has 1 fully saturated rings. The predicted molar refractivity (Wildman–Crippen MR) is 140 cm³/mol. The molecule has 1 saturated heterocycles. The van der Waals surface area contributed by atoms with E-state index < -0.39 is 10.0 Å². The zero-order valence-electron chi connectivity index (χ0n) is 20.7. The van der Waals surface area contributed by atoms with Gasteiger partial charge in [0.05, 0.1) is 11.5 Å². The van der Waals surface area contributed by atoms with Gasteiger partial charge in [-0.2, -0.15) is 0 Å². The second-order valence-electron chi connectivity index (χ2n) is 9.06. The number of hydrogen-bond acceptors (Lipinski definition) is 5. The molecule has 4 rings (SSSR count). The van der Waals surface area contributed by atoms with Gasteiger partial charge in [-0.3, -0.25) is 4.79 Å². The zero-order valence-corrected chi connectivity index (χ0v) is 21.5. The fourth-order valence-electron chi connectivity index (χ4n) is 4.60. The molecule has 0 saturated carbocycles. The van der Waals surface area contributed by atoms with E-state index in [2.05, 4.69) is 10.0 Å². The van der Waals surface area contributed by atoms with Crippen LogP contribution in [0.3, 0.4) is 0 Å². The summed E-state index contributed by atoms with van der Waals surface area (Å²) < 4.78 is 34.9. The molecule has 2 amide bonds. The highest BCUT2D eigenvalue weighted by molar-refractivity contribution is 7.89. The molecule has 0 aromatic heterocycles. The number of ether oxygens (including phenoxy) is 1. The maximum absolute atomic E-state index is 13.5. The van der Waals surface area contributed by atoms with Crippen LogP contribution in [-0.2, 0) is 14.8 Å². The summed E-state index contributed by atoms with van der Waals surface area (Å²) in [6.07, 6.45) is 0.113. The van der Waals surface area contributed by atoms with E-state index in [4.69, 9.17) is 4.74 Å². The zero-order chi connectivity index (χ0) is 25.9. The number of anilines is 1. The van der Waals surface area contributed by atoms with Gasteiger partial charge < -0.3 is 15.0 Å². The van der Waals surface area contributed by atoms with Crippen LogP contribution in [-0.4, -0.2) is 51.1 Å². The van der Waals surface area contributed by atoms with Gasteiger partial charge in [0.25, 0.3) is 5.91 Å². The van der Waals surface area contributed by atoms with Gasteiger partial charge in [-0.1, -0.05) is 49.4 Å². The number of sulfonamides is 1. The van der Waals surface area contributed by atoms with Gasteiger partial charge in [0.2, 0.25) is 10.0 Å². The Balaban J connectivity index is 1.57. The Labute approximate surface area is 211 Å². The number of rotatable bonds is 6. The molecule has 9 heteroatoms. The number of aryl methyl sites for hydroxylation is 1. The van der Waals surface area contributed by atoms with Gasteiger partial charge in [0, 0.05) is 41.2 Å². The predicted octanol–water partition coefficient (Wildman–Crippen LogP) is 4.55. The van der Waals surface area contributed by atoms with Crippen molar-refractivity contribution in [3.05, 3.63) is 71.8 Å². The topological polar surface area (TPSA) is 105 Å². The molecule has 0 bridgehead atoms. The number of piperidine rings is 1. The van der Waals surface area contributed by atoms with Crippen LogP contribution in [0.25, 0.3) is 10.8 Å². The van der Waals surface area contributed by atoms with Crippen LogP contribution in [0.5, 0.6) is 0 Å². The van der Waals surface area contributed by atoms with Crippen LogP contribution in [0.15, 0.2) is 65.6 Å². The molecule has 190 valence electrons. The highest BCUT2D eigenvalue weighted by Gasteiger charge is 2.33. The van der Waals surface area contributed by atoms with E-state index in [0.717, 1.165) is 5.56 Å². The molecule has 2 atom stereocenters. The monoisotopic (exact) mass is 509 g/mol. The first kappa shape index (κ1) is 25.7. The third-order valence-corrected chi connectivity index (χ3v) is 8.10. The lowest BCUT2D eigenvalue weighted by Crippen LogP contribution is -2.51. The second-order valence-corrected chi connectivity index (χ2v) is 10.7. The lowest BCUT2D eigenvalue weighted by atomic mass is 9.95. The average Bonchev–Trinajstić information content (AvgIpc) is 2.85. The minimum atomic E-state index is -3.87. The average molecular weight is 510 g/mol. The van der Waals surface area contributed by atoms with Crippen molar-refractivity contribution in [3.63, 3.8) is 0 Å². The maximum Gasteiger partial charge on any atom is 0.409 e. The maximum atomic E-state index is 13.5. The molecule has 2 unspecified atom stereocenters. The Morgan fingerprint density at radius 1 is 1.03 bits per heavy atom. The van der Waals surface area contributed by atoms with E-state index in [1.807, 2.05) is 32.0 Å². The third kappa shape index (κ3) is 5.37. The SMILES string of the molecule is CCOC(=O)N1CCC(NS(=O)(=O)c2ccc(NC(=O)c3ccccc3C)c3ccccc23)C(C)C1. The molecule has 1 heterocycles. The fraction of sp³-hybridized carbons (Fsp3) is 0.333. The standard InChI is InChI=1S/C27H31N3O5S/c1-4-35-27(32)30-16-15-23(19(3)17-30)29-36(33,34)25-14-13-24(21-11-7-8-12-22(21)25)28-26(31)20-10-6-5-9-18(20)2/h5-14,19,23,29H,4,15-17H2,1-3H3,(H,28,31). The van der Waals surface area contributed by atoms with E-state index in [-0.39, 0.29) is 28.9 Å². The van der Waals surface area contributed by atoms with Crippen molar-refractivity contribution in [1.82, 2.24) is 9.62 Å². The molecule has 3 aromatic rings. The van der Waals surface area contributed by atoms with Crippen LogP contribution in [0.1, 0.15) is 36.2 Å². The molecule has 0 radical (unpaired) electrons. The number of benzene rings is 3. The number of hydrogen-bond donors (Lipinski definition) is 2. The van der Waals surface area contributed by atoms with Gasteiger partial charge >= 0.3 is 6.09 Å². The van der Waals surface area contributed by atoms with Gasteiger partial charge in [-0.05, 0) is 49.9 Å². The molecular weight excluding hydrogens is 478 g/mol. The lowest BCUT2D eigenvalue weighted by molar-refractivity contribution is 0.0846. The quantitative estimate of drug-likeness (QED) is 0.507. The summed E-state index contributed by atoms with van der Waals surface area (Å²) in [4.78, 5) is 26.7. The molecule has 36 heavy (non-hydrogen) atoms. The van der Waals surface area contributed by atoms with Gasteiger partial charge in [-0.15, -0.1) is 0 Å². The molecular formula is C27H31N3O5S. The van der Waals surface area contributed by atoms with Crippen molar-refractivity contribution < 1.29 is 22.7 Å². The Kier molecular flexibility index (Phi) is 7.61. The Bertz CT molecular complexity index is 1390. The second kappa shape index (κ2) is 10.7. The minimum Gasteiger partial charge on any atom is -0.450 e. The number of carbonyl (C=O) groups is 2. The van der Waals surface area contributed by atoms with E-state index in [1.54, 1.807) is 48.2 Å². The summed E-state index contributed by atoms with van der Waals surface area (Å²) >= 11 is 0. The van der Waals surface area contributed by atoms with Crippen molar-refractivity contribution >= 4 is 38.5 Å². The molecule has 0 spiro atoms. The van der Waals surface area contributed by atoms with Crippen LogP contribution in [0.4, 0.5) is 10.5 Å². The number of fused-ring (bicyclic) bond motifs is 1. The highest BCUT2D eigenvalue weighted by Crippen LogP contribution is 2.31. The highest BCUT2D eigenvalue weighted by atomic mass is 32.2. The summed E-state index contributed by atoms with van der Waals surface area (Å²) in [7, 11) is -3.87. The van der Waals surface area contributed by atoms with Crippen LogP contribution in [0.2, 0.25) is 0 Å². The van der Waals surface area contributed by atoms with Crippen molar-refractivity contribution in [2.24, 2.45) is 5.92 Å². The summed E-state index contributed by atoms with van der Waals surface area (Å²) in [5.41, 5.74) is 1.95. The first-order chi connectivity index (χ1) is 17.2. The summed E-state index contributed by atoms with van der Waals surface area (Å²) in [6.45, 7) is 6.67. The van der Waals surface area contributed by atoms with Crippen molar-refractivity contribution in [2.45, 2.75) is 38.1 Å². The van der Waals surface area contributed by atoms with Crippen LogP contribution in [0, 0.1) is 12.8 Å². The van der Waals surface area contributed by atoms with Crippen molar-refractivity contribution in [2.75, 3.05) is 25.0 Å². The number of amides is 2. The first-order valence-electron chi connectivity index (χ1n) is 12.0. The van der Waals surface area contributed by atoms with E-state index in [9.17, 15) is 18.0 Å². The third-order valence-electron chi connectivity index (χ3n) is 6.55. The van der Waals surface area contributed by atoms with E-state index in [0.29, 0.717) is 48.1 Å².